The Hall–Kier alpha value is -1.55. The minimum Gasteiger partial charge on any atom is -0.471 e. The van der Waals surface area contributed by atoms with Crippen LogP contribution >= 0.6 is 15.9 Å². The fourth-order valence-corrected chi connectivity index (χ4v) is 1.70. The van der Waals surface area contributed by atoms with Crippen molar-refractivity contribution in [3.05, 3.63) is 52.1 Å². The maximum atomic E-state index is 5.81. The van der Waals surface area contributed by atoms with Crippen LogP contribution in [0.1, 0.15) is 11.1 Å². The third-order valence-corrected chi connectivity index (χ3v) is 2.83. The molecule has 3 nitrogen and oxygen atoms in total. The molecule has 88 valence electrons. The van der Waals surface area contributed by atoms with E-state index in [0.717, 1.165) is 15.6 Å². The lowest BCUT2D eigenvalue weighted by Gasteiger charge is -2.08. The van der Waals surface area contributed by atoms with Gasteiger partial charge in [-0.1, -0.05) is 28.1 Å². The summed E-state index contributed by atoms with van der Waals surface area (Å²) in [4.78, 5) is 4.15. The molecule has 0 aliphatic heterocycles. The number of ether oxygens (including phenoxy) is 1. The van der Waals surface area contributed by atoms with Gasteiger partial charge in [0.1, 0.15) is 6.61 Å². The number of aryl methyl sites for hydroxylation is 1. The third-order valence-electron chi connectivity index (χ3n) is 2.30. The van der Waals surface area contributed by atoms with E-state index in [2.05, 4.69) is 20.9 Å². The molecular formula is C13H13BrN2O. The topological polar surface area (TPSA) is 48.1 Å². The first-order valence-corrected chi connectivity index (χ1v) is 6.04. The fraction of sp³-hybridized carbons (Fsp3) is 0.154. The number of aromatic nitrogens is 1. The summed E-state index contributed by atoms with van der Waals surface area (Å²) in [5.74, 6) is 0.485. The van der Waals surface area contributed by atoms with Crippen LogP contribution < -0.4 is 10.5 Å². The molecule has 17 heavy (non-hydrogen) atoms. The molecule has 0 radical (unpaired) electrons. The average molecular weight is 293 g/mol. The number of rotatable bonds is 3. The summed E-state index contributed by atoms with van der Waals surface area (Å²) in [6.07, 6.45) is 1.74. The number of benzene rings is 1. The zero-order valence-electron chi connectivity index (χ0n) is 9.48. The Morgan fingerprint density at radius 1 is 1.29 bits per heavy atom. The van der Waals surface area contributed by atoms with Crippen LogP contribution in [0.4, 0.5) is 5.69 Å². The van der Waals surface area contributed by atoms with Crippen molar-refractivity contribution in [3.63, 3.8) is 0 Å². The van der Waals surface area contributed by atoms with Crippen molar-refractivity contribution in [1.29, 1.82) is 0 Å². The fourth-order valence-electron chi connectivity index (χ4n) is 1.43. The summed E-state index contributed by atoms with van der Waals surface area (Å²) in [6, 6.07) is 9.79. The average Bonchev–Trinajstić information content (AvgIpc) is 2.30. The maximum Gasteiger partial charge on any atom is 0.237 e. The van der Waals surface area contributed by atoms with Crippen LogP contribution in [0.3, 0.4) is 0 Å². The van der Waals surface area contributed by atoms with Gasteiger partial charge in [-0.2, -0.15) is 0 Å². The van der Waals surface area contributed by atoms with Crippen LogP contribution in [0.15, 0.2) is 41.0 Å². The summed E-state index contributed by atoms with van der Waals surface area (Å²) in [6.45, 7) is 2.41. The summed E-state index contributed by atoms with van der Waals surface area (Å²) < 4.78 is 6.62. The molecule has 0 spiro atoms. The predicted octanol–water partition coefficient (Wildman–Crippen LogP) is 3.31. The van der Waals surface area contributed by atoms with Gasteiger partial charge in [0.2, 0.25) is 5.88 Å². The Kier molecular flexibility index (Phi) is 3.64. The van der Waals surface area contributed by atoms with Crippen molar-refractivity contribution in [2.75, 3.05) is 5.73 Å². The lowest BCUT2D eigenvalue weighted by atomic mass is 10.2. The molecule has 0 unspecified atom stereocenters. The molecule has 1 aromatic heterocycles. The maximum absolute atomic E-state index is 5.81. The quantitative estimate of drug-likeness (QED) is 0.944. The van der Waals surface area contributed by atoms with Crippen LogP contribution in [-0.2, 0) is 6.61 Å². The van der Waals surface area contributed by atoms with Crippen molar-refractivity contribution in [2.45, 2.75) is 13.5 Å². The van der Waals surface area contributed by atoms with E-state index >= 15 is 0 Å². The highest BCUT2D eigenvalue weighted by Crippen LogP contribution is 2.20. The Morgan fingerprint density at radius 2 is 2.00 bits per heavy atom. The smallest absolute Gasteiger partial charge is 0.237 e. The molecule has 0 bridgehead atoms. The van der Waals surface area contributed by atoms with Gasteiger partial charge in [0.25, 0.3) is 0 Å². The highest BCUT2D eigenvalue weighted by atomic mass is 79.9. The van der Waals surface area contributed by atoms with Crippen LogP contribution in [0, 0.1) is 6.92 Å². The minimum atomic E-state index is 0.466. The van der Waals surface area contributed by atoms with Crippen LogP contribution in [0.5, 0.6) is 5.88 Å². The Balaban J connectivity index is 2.04. The molecule has 4 heteroatoms. The van der Waals surface area contributed by atoms with Gasteiger partial charge in [0.15, 0.2) is 0 Å². The van der Waals surface area contributed by atoms with E-state index in [1.807, 2.05) is 37.3 Å². The monoisotopic (exact) mass is 292 g/mol. The van der Waals surface area contributed by atoms with Gasteiger partial charge in [-0.05, 0) is 36.2 Å². The zero-order chi connectivity index (χ0) is 12.3. The van der Waals surface area contributed by atoms with Crippen LogP contribution in [-0.4, -0.2) is 4.98 Å². The van der Waals surface area contributed by atoms with Gasteiger partial charge in [0.05, 0.1) is 5.69 Å². The predicted molar refractivity (Wildman–Crippen MR) is 71.9 cm³/mol. The van der Waals surface area contributed by atoms with Gasteiger partial charge in [-0.15, -0.1) is 0 Å². The molecule has 1 heterocycles. The lowest BCUT2D eigenvalue weighted by molar-refractivity contribution is 0.295. The number of hydrogen-bond acceptors (Lipinski definition) is 3. The van der Waals surface area contributed by atoms with E-state index in [4.69, 9.17) is 10.5 Å². The summed E-state index contributed by atoms with van der Waals surface area (Å²) in [5.41, 5.74) is 8.49. The molecule has 0 atom stereocenters. The largest absolute Gasteiger partial charge is 0.471 e. The van der Waals surface area contributed by atoms with E-state index in [1.165, 1.54) is 0 Å². The second-order valence-corrected chi connectivity index (χ2v) is 4.74. The molecule has 2 aromatic rings. The number of nitrogen functional groups attached to an aromatic ring is 1. The highest BCUT2D eigenvalue weighted by molar-refractivity contribution is 9.10. The molecule has 0 fully saturated rings. The van der Waals surface area contributed by atoms with Crippen molar-refractivity contribution in [2.24, 2.45) is 0 Å². The van der Waals surface area contributed by atoms with E-state index in [9.17, 15) is 0 Å². The first-order chi connectivity index (χ1) is 8.15. The van der Waals surface area contributed by atoms with E-state index in [0.29, 0.717) is 18.2 Å². The third kappa shape index (κ3) is 3.20. The van der Waals surface area contributed by atoms with Crippen molar-refractivity contribution in [3.8, 4) is 5.88 Å². The molecule has 2 rings (SSSR count). The number of halogens is 1. The van der Waals surface area contributed by atoms with Gasteiger partial charge < -0.3 is 10.5 Å². The Morgan fingerprint density at radius 3 is 2.65 bits per heavy atom. The number of nitrogens with two attached hydrogens (primary N) is 1. The van der Waals surface area contributed by atoms with Crippen LogP contribution in [0.2, 0.25) is 0 Å². The van der Waals surface area contributed by atoms with E-state index in [-0.39, 0.29) is 0 Å². The number of pyridine rings is 1. The first-order valence-electron chi connectivity index (χ1n) is 5.24. The first kappa shape index (κ1) is 11.9. The minimum absolute atomic E-state index is 0.466. The SMILES string of the molecule is Cc1cnc(OCc2ccc(Br)cc2)c(N)c1. The number of hydrogen-bond donors (Lipinski definition) is 1. The highest BCUT2D eigenvalue weighted by Gasteiger charge is 2.02. The van der Waals surface area contributed by atoms with E-state index in [1.54, 1.807) is 6.20 Å². The molecule has 1 aromatic carbocycles. The van der Waals surface area contributed by atoms with Gasteiger partial charge in [-0.25, -0.2) is 4.98 Å². The van der Waals surface area contributed by atoms with Gasteiger partial charge in [-0.3, -0.25) is 0 Å². The molecule has 2 N–H and O–H groups in total. The normalized spacial score (nSPS) is 10.2. The van der Waals surface area contributed by atoms with E-state index < -0.39 is 0 Å². The standard InChI is InChI=1S/C13H13BrN2O/c1-9-6-12(15)13(16-7-9)17-8-10-2-4-11(14)5-3-10/h2-7H,8,15H2,1H3. The van der Waals surface area contributed by atoms with Crippen LogP contribution in [0.25, 0.3) is 0 Å². The molecule has 0 saturated heterocycles. The molecular weight excluding hydrogens is 280 g/mol. The van der Waals surface area contributed by atoms with Gasteiger partial charge >= 0.3 is 0 Å². The zero-order valence-corrected chi connectivity index (χ0v) is 11.1. The second kappa shape index (κ2) is 5.19. The summed E-state index contributed by atoms with van der Waals surface area (Å²) in [7, 11) is 0. The molecule has 0 aliphatic rings. The Labute approximate surface area is 109 Å². The summed E-state index contributed by atoms with van der Waals surface area (Å²) in [5, 5.41) is 0. The number of nitrogens with zero attached hydrogens (tertiary/aromatic N) is 1. The van der Waals surface area contributed by atoms with Gasteiger partial charge in [0, 0.05) is 10.7 Å². The second-order valence-electron chi connectivity index (χ2n) is 3.82. The summed E-state index contributed by atoms with van der Waals surface area (Å²) >= 11 is 3.39. The molecule has 0 saturated carbocycles. The van der Waals surface area contributed by atoms with Crippen molar-refractivity contribution < 1.29 is 4.74 Å². The Bertz CT molecular complexity index is 511. The van der Waals surface area contributed by atoms with Crippen molar-refractivity contribution in [1.82, 2.24) is 4.98 Å². The molecule has 0 amide bonds. The number of anilines is 1. The lowest BCUT2D eigenvalue weighted by Crippen LogP contribution is -2.01. The van der Waals surface area contributed by atoms with Crippen molar-refractivity contribution >= 4 is 21.6 Å². The molecule has 0 aliphatic carbocycles.